The number of nitrogens with one attached hydrogen (secondary N) is 1. The van der Waals surface area contributed by atoms with Gasteiger partial charge in [0.15, 0.2) is 5.76 Å². The second-order valence-electron chi connectivity index (χ2n) is 5.59. The Hall–Kier alpha value is -3.13. The van der Waals surface area contributed by atoms with E-state index < -0.39 is 17.7 Å². The van der Waals surface area contributed by atoms with E-state index in [1.54, 1.807) is 19.1 Å². The molecule has 6 nitrogen and oxygen atoms in total. The molecule has 2 aromatic heterocycles. The van der Waals surface area contributed by atoms with Gasteiger partial charge in [-0.15, -0.1) is 11.3 Å². The molecule has 0 bridgehead atoms. The van der Waals surface area contributed by atoms with Gasteiger partial charge in [-0.05, 0) is 48.9 Å². The largest absolute Gasteiger partial charge is 0.496 e. The first-order valence-electron chi connectivity index (χ1n) is 7.92. The molecule has 0 fully saturated rings. The van der Waals surface area contributed by atoms with Crippen molar-refractivity contribution < 1.29 is 27.9 Å². The number of halogens is 1. The van der Waals surface area contributed by atoms with Crippen LogP contribution in [-0.4, -0.2) is 19.0 Å². The molecule has 0 saturated carbocycles. The molecule has 1 amide bonds. The molecule has 0 aliphatic rings. The van der Waals surface area contributed by atoms with Gasteiger partial charge >= 0.3 is 5.97 Å². The number of benzene rings is 1. The Kier molecular flexibility index (Phi) is 5.56. The van der Waals surface area contributed by atoms with Crippen LogP contribution in [0.2, 0.25) is 0 Å². The van der Waals surface area contributed by atoms with E-state index in [4.69, 9.17) is 13.9 Å². The summed E-state index contributed by atoms with van der Waals surface area (Å²) in [6.45, 7) is 1.60. The van der Waals surface area contributed by atoms with Crippen molar-refractivity contribution in [3.8, 4) is 5.75 Å². The molecule has 140 valence electrons. The first-order chi connectivity index (χ1) is 13.0. The molecule has 0 unspecified atom stereocenters. The van der Waals surface area contributed by atoms with Crippen LogP contribution in [0.25, 0.3) is 0 Å². The second kappa shape index (κ2) is 8.05. The number of amides is 1. The standard InChI is InChI=1S/C19H16FNO5S/c1-11-8-16(21-18(22)15-4-3-7-25-15)27-17(11)19(23)26-10-12-9-13(20)5-6-14(12)24-2/h3-9H,10H2,1-2H3,(H,21,22). The number of hydrogen-bond donors (Lipinski definition) is 1. The van der Waals surface area contributed by atoms with Crippen LogP contribution in [0.15, 0.2) is 47.1 Å². The normalized spacial score (nSPS) is 10.5. The molecule has 0 radical (unpaired) electrons. The first kappa shape index (κ1) is 18.7. The summed E-state index contributed by atoms with van der Waals surface area (Å²) in [5.41, 5.74) is 1.08. The Balaban J connectivity index is 1.68. The smallest absolute Gasteiger partial charge is 0.348 e. The predicted molar refractivity (Wildman–Crippen MR) is 97.8 cm³/mol. The van der Waals surface area contributed by atoms with Crippen molar-refractivity contribution in [3.63, 3.8) is 0 Å². The molecule has 0 spiro atoms. The third-order valence-electron chi connectivity index (χ3n) is 3.69. The zero-order chi connectivity index (χ0) is 19.4. The van der Waals surface area contributed by atoms with E-state index in [1.807, 2.05) is 0 Å². The summed E-state index contributed by atoms with van der Waals surface area (Å²) in [5.74, 6) is -0.827. The van der Waals surface area contributed by atoms with Crippen LogP contribution in [0.3, 0.4) is 0 Å². The van der Waals surface area contributed by atoms with Gasteiger partial charge in [0.2, 0.25) is 0 Å². The molecule has 2 heterocycles. The van der Waals surface area contributed by atoms with E-state index in [2.05, 4.69) is 5.32 Å². The van der Waals surface area contributed by atoms with Crippen LogP contribution in [0.5, 0.6) is 5.75 Å². The van der Waals surface area contributed by atoms with Gasteiger partial charge in [0.05, 0.1) is 18.4 Å². The van der Waals surface area contributed by atoms with Crippen LogP contribution in [0.1, 0.15) is 31.4 Å². The highest BCUT2D eigenvalue weighted by molar-refractivity contribution is 7.18. The summed E-state index contributed by atoms with van der Waals surface area (Å²) in [7, 11) is 1.45. The second-order valence-corrected chi connectivity index (χ2v) is 6.64. The highest BCUT2D eigenvalue weighted by atomic mass is 32.1. The number of ether oxygens (including phenoxy) is 2. The summed E-state index contributed by atoms with van der Waals surface area (Å²) in [4.78, 5) is 24.7. The van der Waals surface area contributed by atoms with E-state index in [0.717, 1.165) is 11.3 Å². The van der Waals surface area contributed by atoms with Gasteiger partial charge in [0.1, 0.15) is 23.1 Å². The molecule has 3 rings (SSSR count). The zero-order valence-electron chi connectivity index (χ0n) is 14.6. The molecular weight excluding hydrogens is 373 g/mol. The molecule has 1 aromatic carbocycles. The van der Waals surface area contributed by atoms with Crippen LogP contribution < -0.4 is 10.1 Å². The fourth-order valence-corrected chi connectivity index (χ4v) is 3.36. The summed E-state index contributed by atoms with van der Waals surface area (Å²) in [6.07, 6.45) is 1.40. The first-order valence-corrected chi connectivity index (χ1v) is 8.74. The van der Waals surface area contributed by atoms with Crippen LogP contribution in [-0.2, 0) is 11.3 Å². The highest BCUT2D eigenvalue weighted by Gasteiger charge is 2.18. The fraction of sp³-hybridized carbons (Fsp3) is 0.158. The third-order valence-corrected chi connectivity index (χ3v) is 4.82. The molecular formula is C19H16FNO5S. The van der Waals surface area contributed by atoms with Gasteiger partial charge < -0.3 is 19.2 Å². The van der Waals surface area contributed by atoms with E-state index in [9.17, 15) is 14.0 Å². The van der Waals surface area contributed by atoms with E-state index >= 15 is 0 Å². The van der Waals surface area contributed by atoms with Crippen LogP contribution >= 0.6 is 11.3 Å². The average molecular weight is 389 g/mol. The number of hydrogen-bond acceptors (Lipinski definition) is 6. The molecule has 0 saturated heterocycles. The maximum Gasteiger partial charge on any atom is 0.348 e. The summed E-state index contributed by atoms with van der Waals surface area (Å²) in [5, 5.41) is 3.16. The Bertz CT molecular complexity index is 965. The quantitative estimate of drug-likeness (QED) is 0.632. The molecule has 0 aliphatic carbocycles. The lowest BCUT2D eigenvalue weighted by molar-refractivity contribution is 0.0474. The van der Waals surface area contributed by atoms with Crippen LogP contribution in [0, 0.1) is 12.7 Å². The number of carbonyl (C=O) groups excluding carboxylic acids is 2. The minimum absolute atomic E-state index is 0.134. The topological polar surface area (TPSA) is 77.8 Å². The summed E-state index contributed by atoms with van der Waals surface area (Å²) >= 11 is 1.09. The number of aryl methyl sites for hydroxylation is 1. The molecule has 8 heteroatoms. The van der Waals surface area contributed by atoms with Crippen molar-refractivity contribution in [1.82, 2.24) is 0 Å². The van der Waals surface area contributed by atoms with Gasteiger partial charge in [-0.3, -0.25) is 4.79 Å². The number of thiophene rings is 1. The van der Waals surface area contributed by atoms with Crippen LogP contribution in [0.4, 0.5) is 9.39 Å². The number of carbonyl (C=O) groups is 2. The molecule has 3 aromatic rings. The number of furan rings is 1. The summed E-state index contributed by atoms with van der Waals surface area (Å²) < 4.78 is 28.8. The molecule has 0 aliphatic heterocycles. The molecule has 0 atom stereocenters. The molecule has 1 N–H and O–H groups in total. The Morgan fingerprint density at radius 3 is 2.78 bits per heavy atom. The van der Waals surface area contributed by atoms with Crippen molar-refractivity contribution in [2.75, 3.05) is 12.4 Å². The predicted octanol–water partition coefficient (Wildman–Crippen LogP) is 4.41. The minimum Gasteiger partial charge on any atom is -0.496 e. The SMILES string of the molecule is COc1ccc(F)cc1COC(=O)c1sc(NC(=O)c2ccco2)cc1C. The van der Waals surface area contributed by atoms with Crippen molar-refractivity contribution in [2.45, 2.75) is 13.5 Å². The Labute approximate surface area is 158 Å². The maximum absolute atomic E-state index is 13.4. The van der Waals surface area contributed by atoms with Crippen molar-refractivity contribution in [3.05, 3.63) is 70.2 Å². The third kappa shape index (κ3) is 4.35. The number of methoxy groups -OCH3 is 1. The van der Waals surface area contributed by atoms with Gasteiger partial charge in [0.25, 0.3) is 5.91 Å². The zero-order valence-corrected chi connectivity index (χ0v) is 15.4. The lowest BCUT2D eigenvalue weighted by Gasteiger charge is -2.09. The lowest BCUT2D eigenvalue weighted by Crippen LogP contribution is -2.09. The van der Waals surface area contributed by atoms with Crippen molar-refractivity contribution in [2.24, 2.45) is 0 Å². The maximum atomic E-state index is 13.4. The minimum atomic E-state index is -0.567. The van der Waals surface area contributed by atoms with Gasteiger partial charge in [-0.2, -0.15) is 0 Å². The number of anilines is 1. The molecule has 27 heavy (non-hydrogen) atoms. The van der Waals surface area contributed by atoms with Gasteiger partial charge in [0, 0.05) is 5.56 Å². The van der Waals surface area contributed by atoms with Gasteiger partial charge in [-0.25, -0.2) is 9.18 Å². The van der Waals surface area contributed by atoms with E-state index in [1.165, 1.54) is 37.6 Å². The number of esters is 1. The Morgan fingerprint density at radius 2 is 2.07 bits per heavy atom. The van der Waals surface area contributed by atoms with E-state index in [-0.39, 0.29) is 12.4 Å². The number of rotatable bonds is 6. The van der Waals surface area contributed by atoms with Gasteiger partial charge in [-0.1, -0.05) is 0 Å². The monoisotopic (exact) mass is 389 g/mol. The van der Waals surface area contributed by atoms with Crippen molar-refractivity contribution >= 4 is 28.2 Å². The highest BCUT2D eigenvalue weighted by Crippen LogP contribution is 2.28. The van der Waals surface area contributed by atoms with Crippen molar-refractivity contribution in [1.29, 1.82) is 0 Å². The summed E-state index contributed by atoms with van der Waals surface area (Å²) in [6, 6.07) is 8.81. The Morgan fingerprint density at radius 1 is 1.26 bits per heavy atom. The fourth-order valence-electron chi connectivity index (χ4n) is 2.40. The lowest BCUT2D eigenvalue weighted by atomic mass is 10.2. The van der Waals surface area contributed by atoms with E-state index in [0.29, 0.717) is 26.8 Å². The average Bonchev–Trinajstić information content (AvgIpc) is 3.30.